The number of carbonyl (C=O) groups excluding carboxylic acids is 2. The van der Waals surface area contributed by atoms with Gasteiger partial charge in [0.2, 0.25) is 5.91 Å². The molecular weight excluding hydrogens is 346 g/mol. The molecule has 136 valence electrons. The molecule has 2 heterocycles. The topological polar surface area (TPSA) is 63.1 Å². The van der Waals surface area contributed by atoms with Crippen molar-refractivity contribution in [1.82, 2.24) is 15.2 Å². The molecule has 26 heavy (non-hydrogen) atoms. The molecule has 0 fully saturated rings. The second-order valence-electron chi connectivity index (χ2n) is 6.14. The number of nitrogens with one attached hydrogen (secondary N) is 2. The van der Waals surface area contributed by atoms with Crippen LogP contribution in [0.4, 0.5) is 0 Å². The van der Waals surface area contributed by atoms with E-state index < -0.39 is 0 Å². The molecule has 0 aliphatic rings. The molecule has 0 saturated heterocycles. The van der Waals surface area contributed by atoms with E-state index in [1.165, 1.54) is 22.2 Å². The van der Waals surface area contributed by atoms with Gasteiger partial charge in [-0.3, -0.25) is 9.59 Å². The SMILES string of the molecule is O=C(CCCNC(=O)c1ccsc1)NCCCn1ccc2ccccc21. The summed E-state index contributed by atoms with van der Waals surface area (Å²) in [6.45, 7) is 2.05. The largest absolute Gasteiger partial charge is 0.356 e. The Morgan fingerprint density at radius 2 is 1.85 bits per heavy atom. The molecule has 0 atom stereocenters. The Kier molecular flexibility index (Phi) is 6.44. The fourth-order valence-corrected chi connectivity index (χ4v) is 3.48. The first-order valence-electron chi connectivity index (χ1n) is 8.85. The quantitative estimate of drug-likeness (QED) is 0.568. The van der Waals surface area contributed by atoms with E-state index in [2.05, 4.69) is 39.6 Å². The third kappa shape index (κ3) is 4.95. The van der Waals surface area contributed by atoms with E-state index >= 15 is 0 Å². The maximum Gasteiger partial charge on any atom is 0.252 e. The number of rotatable bonds is 9. The Bertz CT molecular complexity index is 855. The maximum atomic E-state index is 11.9. The maximum absolute atomic E-state index is 11.9. The van der Waals surface area contributed by atoms with Gasteiger partial charge < -0.3 is 15.2 Å². The predicted molar refractivity (Wildman–Crippen MR) is 105 cm³/mol. The Balaban J connectivity index is 1.28. The number of carbonyl (C=O) groups is 2. The van der Waals surface area contributed by atoms with Gasteiger partial charge in [0, 0.05) is 48.7 Å². The number of aromatic nitrogens is 1. The fraction of sp³-hybridized carbons (Fsp3) is 0.300. The highest BCUT2D eigenvalue weighted by Crippen LogP contribution is 2.15. The number of nitrogens with zero attached hydrogens (tertiary/aromatic N) is 1. The van der Waals surface area contributed by atoms with Crippen LogP contribution in [-0.4, -0.2) is 29.5 Å². The highest BCUT2D eigenvalue weighted by atomic mass is 32.1. The van der Waals surface area contributed by atoms with Gasteiger partial charge in [-0.05, 0) is 41.8 Å². The molecule has 0 aliphatic carbocycles. The molecule has 0 unspecified atom stereocenters. The lowest BCUT2D eigenvalue weighted by Gasteiger charge is -2.08. The van der Waals surface area contributed by atoms with Gasteiger partial charge in [-0.25, -0.2) is 0 Å². The minimum absolute atomic E-state index is 0.0344. The molecule has 2 aromatic heterocycles. The lowest BCUT2D eigenvalue weighted by atomic mass is 10.2. The van der Waals surface area contributed by atoms with Crippen molar-refractivity contribution in [1.29, 1.82) is 0 Å². The summed E-state index contributed by atoms with van der Waals surface area (Å²) in [5.41, 5.74) is 1.90. The van der Waals surface area contributed by atoms with Crippen LogP contribution in [0.1, 0.15) is 29.6 Å². The third-order valence-corrected chi connectivity index (χ3v) is 4.91. The van der Waals surface area contributed by atoms with Crippen LogP contribution >= 0.6 is 11.3 Å². The van der Waals surface area contributed by atoms with Crippen molar-refractivity contribution in [2.75, 3.05) is 13.1 Å². The molecule has 2 N–H and O–H groups in total. The van der Waals surface area contributed by atoms with Gasteiger partial charge in [0.1, 0.15) is 0 Å². The van der Waals surface area contributed by atoms with Gasteiger partial charge in [-0.1, -0.05) is 18.2 Å². The molecule has 0 bridgehead atoms. The Labute approximate surface area is 157 Å². The van der Waals surface area contributed by atoms with Crippen LogP contribution in [0.5, 0.6) is 0 Å². The van der Waals surface area contributed by atoms with E-state index in [1.54, 1.807) is 6.07 Å². The van der Waals surface area contributed by atoms with E-state index in [-0.39, 0.29) is 11.8 Å². The summed E-state index contributed by atoms with van der Waals surface area (Å²) in [6.07, 6.45) is 4.04. The number of aryl methyl sites for hydroxylation is 1. The number of para-hydroxylation sites is 1. The molecule has 3 rings (SSSR count). The zero-order chi connectivity index (χ0) is 18.2. The van der Waals surface area contributed by atoms with Crippen LogP contribution in [0.2, 0.25) is 0 Å². The zero-order valence-corrected chi connectivity index (χ0v) is 15.4. The van der Waals surface area contributed by atoms with Crippen molar-refractivity contribution in [3.05, 3.63) is 58.9 Å². The lowest BCUT2D eigenvalue weighted by molar-refractivity contribution is -0.121. The van der Waals surface area contributed by atoms with Crippen LogP contribution in [0.25, 0.3) is 10.9 Å². The van der Waals surface area contributed by atoms with Gasteiger partial charge in [-0.2, -0.15) is 11.3 Å². The number of thiophene rings is 1. The predicted octanol–water partition coefficient (Wildman–Crippen LogP) is 3.42. The van der Waals surface area contributed by atoms with Crippen LogP contribution in [0, 0.1) is 0 Å². The Morgan fingerprint density at radius 3 is 2.69 bits per heavy atom. The highest BCUT2D eigenvalue weighted by molar-refractivity contribution is 7.08. The molecular formula is C20H23N3O2S. The van der Waals surface area contributed by atoms with E-state index in [0.29, 0.717) is 31.5 Å². The summed E-state index contributed by atoms with van der Waals surface area (Å²) < 4.78 is 2.21. The number of hydrogen-bond donors (Lipinski definition) is 2. The minimum Gasteiger partial charge on any atom is -0.356 e. The fourth-order valence-electron chi connectivity index (χ4n) is 2.85. The first kappa shape index (κ1) is 18.2. The summed E-state index contributed by atoms with van der Waals surface area (Å²) in [5, 5.41) is 10.7. The van der Waals surface area contributed by atoms with Gasteiger partial charge >= 0.3 is 0 Å². The first-order chi connectivity index (χ1) is 12.7. The molecule has 0 aliphatic heterocycles. The number of fused-ring (bicyclic) bond motifs is 1. The Hall–Kier alpha value is -2.60. The van der Waals surface area contributed by atoms with E-state index in [1.807, 2.05) is 22.9 Å². The summed E-state index contributed by atoms with van der Waals surface area (Å²) >= 11 is 1.50. The number of benzene rings is 1. The smallest absolute Gasteiger partial charge is 0.252 e. The molecule has 0 spiro atoms. The average Bonchev–Trinajstić information content (AvgIpc) is 3.32. The molecule has 1 aromatic carbocycles. The summed E-state index contributed by atoms with van der Waals surface area (Å²) in [4.78, 5) is 23.6. The molecule has 0 radical (unpaired) electrons. The Morgan fingerprint density at radius 1 is 1.00 bits per heavy atom. The second kappa shape index (κ2) is 9.20. The van der Waals surface area contributed by atoms with Gasteiger partial charge in [0.25, 0.3) is 5.91 Å². The highest BCUT2D eigenvalue weighted by Gasteiger charge is 2.06. The summed E-state index contributed by atoms with van der Waals surface area (Å²) in [5.74, 6) is -0.0437. The molecule has 3 aromatic rings. The van der Waals surface area contributed by atoms with Crippen molar-refractivity contribution in [3.63, 3.8) is 0 Å². The lowest BCUT2D eigenvalue weighted by Crippen LogP contribution is -2.28. The molecule has 5 nitrogen and oxygen atoms in total. The average molecular weight is 369 g/mol. The molecule has 2 amide bonds. The monoisotopic (exact) mass is 369 g/mol. The van der Waals surface area contributed by atoms with E-state index in [9.17, 15) is 9.59 Å². The normalized spacial score (nSPS) is 10.8. The van der Waals surface area contributed by atoms with Crippen molar-refractivity contribution >= 4 is 34.1 Å². The van der Waals surface area contributed by atoms with Gasteiger partial charge in [-0.15, -0.1) is 0 Å². The first-order valence-corrected chi connectivity index (χ1v) is 9.79. The van der Waals surface area contributed by atoms with Crippen LogP contribution in [0.15, 0.2) is 53.4 Å². The van der Waals surface area contributed by atoms with Crippen molar-refractivity contribution in [2.45, 2.75) is 25.8 Å². The van der Waals surface area contributed by atoms with Gasteiger partial charge in [0.15, 0.2) is 0 Å². The summed E-state index contributed by atoms with van der Waals surface area (Å²) in [7, 11) is 0. The van der Waals surface area contributed by atoms with Crippen LogP contribution in [0.3, 0.4) is 0 Å². The number of amides is 2. The standard InChI is InChI=1S/C20H23N3O2S/c24-19(7-3-10-22-20(25)17-9-14-26-15-17)21-11-4-12-23-13-8-16-5-1-2-6-18(16)23/h1-2,5-6,8-9,13-15H,3-4,7,10-12H2,(H,21,24)(H,22,25). The van der Waals surface area contributed by atoms with Crippen molar-refractivity contribution in [2.24, 2.45) is 0 Å². The number of hydrogen-bond acceptors (Lipinski definition) is 3. The minimum atomic E-state index is -0.0781. The summed E-state index contributed by atoms with van der Waals surface area (Å²) in [6, 6.07) is 12.2. The van der Waals surface area contributed by atoms with Crippen LogP contribution in [-0.2, 0) is 11.3 Å². The zero-order valence-electron chi connectivity index (χ0n) is 14.6. The van der Waals surface area contributed by atoms with Gasteiger partial charge in [0.05, 0.1) is 0 Å². The third-order valence-electron chi connectivity index (χ3n) is 4.23. The van der Waals surface area contributed by atoms with E-state index in [0.717, 1.165) is 13.0 Å². The van der Waals surface area contributed by atoms with Crippen LogP contribution < -0.4 is 10.6 Å². The van der Waals surface area contributed by atoms with Crippen molar-refractivity contribution < 1.29 is 9.59 Å². The van der Waals surface area contributed by atoms with E-state index in [4.69, 9.17) is 0 Å². The molecule has 0 saturated carbocycles. The molecule has 6 heteroatoms. The van der Waals surface area contributed by atoms with Crippen molar-refractivity contribution in [3.8, 4) is 0 Å². The second-order valence-corrected chi connectivity index (χ2v) is 6.92.